The van der Waals surface area contributed by atoms with Crippen LogP contribution in [0.3, 0.4) is 0 Å². The first-order valence-corrected chi connectivity index (χ1v) is 12.0. The highest BCUT2D eigenvalue weighted by Crippen LogP contribution is 2.35. The van der Waals surface area contributed by atoms with E-state index in [1.165, 1.54) is 49.1 Å². The Labute approximate surface area is 197 Å². The molecule has 1 amide bonds. The molecule has 0 saturated heterocycles. The molecule has 0 bridgehead atoms. The standard InChI is InChI=1S/C24H23N3O6S/c1-26(22-13-9-16-5-3-4-6-20(16)22)24(28)17-7-11-19(12-8-17)34(31,32)25-21-15-18(27(29)30)10-14-23(21)33-2/h3-8,10-12,14-15,22,25H,9,13H2,1-2H3/t22-/m1/s1. The average Bonchev–Trinajstić information content (AvgIpc) is 3.27. The smallest absolute Gasteiger partial charge is 0.271 e. The van der Waals surface area contributed by atoms with E-state index in [1.807, 2.05) is 18.2 Å². The normalized spacial score (nSPS) is 14.8. The fourth-order valence-electron chi connectivity index (χ4n) is 4.15. The van der Waals surface area contributed by atoms with Crippen molar-refractivity contribution in [3.63, 3.8) is 0 Å². The monoisotopic (exact) mass is 481 g/mol. The van der Waals surface area contributed by atoms with Crippen LogP contribution in [0.4, 0.5) is 11.4 Å². The fraction of sp³-hybridized carbons (Fsp3) is 0.208. The van der Waals surface area contributed by atoms with Crippen LogP contribution in [0.2, 0.25) is 0 Å². The van der Waals surface area contributed by atoms with Crippen LogP contribution < -0.4 is 9.46 Å². The summed E-state index contributed by atoms with van der Waals surface area (Å²) in [5, 5.41) is 11.1. The molecule has 3 aromatic carbocycles. The van der Waals surface area contributed by atoms with Gasteiger partial charge in [0.05, 0.1) is 28.7 Å². The van der Waals surface area contributed by atoms with E-state index >= 15 is 0 Å². The molecule has 34 heavy (non-hydrogen) atoms. The van der Waals surface area contributed by atoms with Crippen molar-refractivity contribution in [1.29, 1.82) is 0 Å². The lowest BCUT2D eigenvalue weighted by molar-refractivity contribution is -0.384. The average molecular weight is 482 g/mol. The number of ether oxygens (including phenoxy) is 1. The minimum atomic E-state index is -4.08. The molecule has 0 saturated carbocycles. The number of aryl methyl sites for hydroxylation is 1. The Kier molecular flexibility index (Phi) is 6.25. The first kappa shape index (κ1) is 23.2. The third kappa shape index (κ3) is 4.44. The molecule has 4 rings (SSSR count). The second-order valence-corrected chi connectivity index (χ2v) is 9.62. The largest absolute Gasteiger partial charge is 0.495 e. The van der Waals surface area contributed by atoms with Crippen LogP contribution in [0.25, 0.3) is 0 Å². The van der Waals surface area contributed by atoms with Crippen molar-refractivity contribution in [2.24, 2.45) is 0 Å². The van der Waals surface area contributed by atoms with E-state index in [1.54, 1.807) is 11.9 Å². The number of nitro benzene ring substituents is 1. The Balaban J connectivity index is 1.54. The van der Waals surface area contributed by atoms with Gasteiger partial charge in [0.25, 0.3) is 21.6 Å². The number of amides is 1. The molecule has 1 N–H and O–H groups in total. The minimum absolute atomic E-state index is 0.0323. The number of hydrogen-bond acceptors (Lipinski definition) is 6. The summed E-state index contributed by atoms with van der Waals surface area (Å²) in [7, 11) is -1.01. The van der Waals surface area contributed by atoms with Crippen LogP contribution in [0, 0.1) is 10.1 Å². The van der Waals surface area contributed by atoms with E-state index in [2.05, 4.69) is 10.8 Å². The number of benzene rings is 3. The predicted molar refractivity (Wildman–Crippen MR) is 126 cm³/mol. The van der Waals surface area contributed by atoms with E-state index in [9.17, 15) is 23.3 Å². The summed E-state index contributed by atoms with van der Waals surface area (Å²) in [5.74, 6) is -0.0709. The number of hydrogen-bond donors (Lipinski definition) is 1. The van der Waals surface area contributed by atoms with Crippen molar-refractivity contribution in [1.82, 2.24) is 4.90 Å². The van der Waals surface area contributed by atoms with Gasteiger partial charge in [-0.1, -0.05) is 24.3 Å². The van der Waals surface area contributed by atoms with Crippen LogP contribution in [0.1, 0.15) is 33.9 Å². The molecule has 1 aliphatic carbocycles. The summed E-state index contributed by atoms with van der Waals surface area (Å²) in [5.41, 5.74) is 2.38. The number of nitrogens with one attached hydrogen (secondary N) is 1. The van der Waals surface area contributed by atoms with Crippen molar-refractivity contribution >= 4 is 27.3 Å². The highest BCUT2D eigenvalue weighted by Gasteiger charge is 2.29. The molecule has 0 heterocycles. The number of nitro groups is 1. The number of carbonyl (C=O) groups is 1. The summed E-state index contributed by atoms with van der Waals surface area (Å²) < 4.78 is 33.2. The molecular weight excluding hydrogens is 458 g/mol. The lowest BCUT2D eigenvalue weighted by atomic mass is 10.1. The quantitative estimate of drug-likeness (QED) is 0.400. The molecule has 0 unspecified atom stereocenters. The maximum atomic E-state index is 13.1. The zero-order valence-electron chi connectivity index (χ0n) is 18.6. The van der Waals surface area contributed by atoms with E-state index in [4.69, 9.17) is 4.74 Å². The van der Waals surface area contributed by atoms with Crippen LogP contribution in [0.15, 0.2) is 71.6 Å². The summed E-state index contributed by atoms with van der Waals surface area (Å²) in [4.78, 5) is 25.1. The molecule has 0 radical (unpaired) electrons. The number of fused-ring (bicyclic) bond motifs is 1. The second kappa shape index (κ2) is 9.14. The summed E-state index contributed by atoms with van der Waals surface area (Å²) in [6, 6.07) is 17.2. The van der Waals surface area contributed by atoms with Gasteiger partial charge in [0, 0.05) is 24.7 Å². The van der Waals surface area contributed by atoms with Crippen molar-refractivity contribution < 1.29 is 22.9 Å². The van der Waals surface area contributed by atoms with Crippen LogP contribution >= 0.6 is 0 Å². The molecule has 10 heteroatoms. The van der Waals surface area contributed by atoms with E-state index in [-0.39, 0.29) is 34.0 Å². The fourth-order valence-corrected chi connectivity index (χ4v) is 5.21. The number of anilines is 1. The predicted octanol–water partition coefficient (Wildman–Crippen LogP) is 4.16. The number of non-ortho nitro benzene ring substituents is 1. The molecule has 1 aliphatic rings. The zero-order valence-corrected chi connectivity index (χ0v) is 19.4. The van der Waals surface area contributed by atoms with Crippen LogP contribution in [0.5, 0.6) is 5.75 Å². The van der Waals surface area contributed by atoms with Gasteiger partial charge in [0.15, 0.2) is 0 Å². The molecule has 0 fully saturated rings. The van der Waals surface area contributed by atoms with Crippen LogP contribution in [-0.2, 0) is 16.4 Å². The number of carbonyl (C=O) groups excluding carboxylic acids is 1. The van der Waals surface area contributed by atoms with Gasteiger partial charge in [-0.3, -0.25) is 19.6 Å². The Morgan fingerprint density at radius 3 is 2.50 bits per heavy atom. The molecule has 3 aromatic rings. The summed E-state index contributed by atoms with van der Waals surface area (Å²) in [6.45, 7) is 0. The van der Waals surface area contributed by atoms with Crippen LogP contribution in [-0.4, -0.2) is 38.3 Å². The lowest BCUT2D eigenvalue weighted by Gasteiger charge is -2.25. The van der Waals surface area contributed by atoms with Gasteiger partial charge >= 0.3 is 0 Å². The highest BCUT2D eigenvalue weighted by atomic mass is 32.2. The minimum Gasteiger partial charge on any atom is -0.495 e. The lowest BCUT2D eigenvalue weighted by Crippen LogP contribution is -2.30. The Hall–Kier alpha value is -3.92. The van der Waals surface area contributed by atoms with E-state index in [0.29, 0.717) is 5.56 Å². The molecule has 1 atom stereocenters. The molecule has 0 aliphatic heterocycles. The first-order chi connectivity index (χ1) is 16.2. The molecular formula is C24H23N3O6S. The number of methoxy groups -OCH3 is 1. The van der Waals surface area contributed by atoms with Gasteiger partial charge in [0.2, 0.25) is 0 Å². The van der Waals surface area contributed by atoms with Gasteiger partial charge in [-0.2, -0.15) is 0 Å². The van der Waals surface area contributed by atoms with Crippen molar-refractivity contribution in [2.75, 3.05) is 18.9 Å². The van der Waals surface area contributed by atoms with Gasteiger partial charge in [0.1, 0.15) is 5.75 Å². The Bertz CT molecular complexity index is 1360. The van der Waals surface area contributed by atoms with E-state index < -0.39 is 14.9 Å². The Morgan fingerprint density at radius 1 is 1.12 bits per heavy atom. The maximum absolute atomic E-state index is 13.1. The molecule has 0 spiro atoms. The van der Waals surface area contributed by atoms with Crippen molar-refractivity contribution in [2.45, 2.75) is 23.8 Å². The first-order valence-electron chi connectivity index (χ1n) is 10.5. The SMILES string of the molecule is COc1ccc([N+](=O)[O-])cc1NS(=O)(=O)c1ccc(C(=O)N(C)[C@@H]2CCc3ccccc32)cc1. The van der Waals surface area contributed by atoms with Crippen molar-refractivity contribution in [3.8, 4) is 5.75 Å². The molecule has 0 aromatic heterocycles. The number of sulfonamides is 1. The maximum Gasteiger partial charge on any atom is 0.271 e. The topological polar surface area (TPSA) is 119 Å². The van der Waals surface area contributed by atoms with Crippen molar-refractivity contribution in [3.05, 3.63) is 93.5 Å². The second-order valence-electron chi connectivity index (χ2n) is 7.94. The number of rotatable bonds is 7. The zero-order chi connectivity index (χ0) is 24.5. The number of nitrogens with zero attached hydrogens (tertiary/aromatic N) is 2. The van der Waals surface area contributed by atoms with Gasteiger partial charge < -0.3 is 9.64 Å². The Morgan fingerprint density at radius 2 is 1.82 bits per heavy atom. The molecule has 9 nitrogen and oxygen atoms in total. The summed E-state index contributed by atoms with van der Waals surface area (Å²) in [6.07, 6.45) is 1.74. The third-order valence-electron chi connectivity index (χ3n) is 5.94. The molecule has 176 valence electrons. The van der Waals surface area contributed by atoms with Gasteiger partial charge in [-0.25, -0.2) is 8.42 Å². The van der Waals surface area contributed by atoms with Gasteiger partial charge in [-0.15, -0.1) is 0 Å². The third-order valence-corrected chi connectivity index (χ3v) is 7.32. The van der Waals surface area contributed by atoms with Gasteiger partial charge in [-0.05, 0) is 54.3 Å². The van der Waals surface area contributed by atoms with E-state index in [0.717, 1.165) is 24.5 Å². The highest BCUT2D eigenvalue weighted by molar-refractivity contribution is 7.92. The summed E-state index contributed by atoms with van der Waals surface area (Å²) >= 11 is 0.